The third-order valence-electron chi connectivity index (χ3n) is 4.67. The van der Waals surface area contributed by atoms with E-state index in [1.54, 1.807) is 6.20 Å². The zero-order chi connectivity index (χ0) is 17.2. The Morgan fingerprint density at radius 3 is 2.92 bits per heavy atom. The van der Waals surface area contributed by atoms with Crippen molar-refractivity contribution >= 4 is 28.4 Å². The van der Waals surface area contributed by atoms with Crippen LogP contribution >= 0.6 is 0 Å². The molecule has 130 valence electrons. The third kappa shape index (κ3) is 3.25. The van der Waals surface area contributed by atoms with Crippen molar-refractivity contribution in [2.75, 3.05) is 29.9 Å². The zero-order valence-electron chi connectivity index (χ0n) is 13.7. The number of halogens is 1. The van der Waals surface area contributed by atoms with Crippen LogP contribution in [0.1, 0.15) is 12.8 Å². The number of hydrogen-bond acceptors (Lipinski definition) is 6. The molecule has 25 heavy (non-hydrogen) atoms. The van der Waals surface area contributed by atoms with Crippen molar-refractivity contribution in [1.29, 1.82) is 0 Å². The lowest BCUT2D eigenvalue weighted by atomic mass is 9.97. The molecule has 2 aromatic heterocycles. The summed E-state index contributed by atoms with van der Waals surface area (Å²) in [6.45, 7) is 2.20. The lowest BCUT2D eigenvalue weighted by Crippen LogP contribution is -2.37. The lowest BCUT2D eigenvalue weighted by Gasteiger charge is -2.32. The van der Waals surface area contributed by atoms with Gasteiger partial charge in [-0.15, -0.1) is 0 Å². The molecule has 7 nitrogen and oxygen atoms in total. The predicted molar refractivity (Wildman–Crippen MR) is 95.4 cm³/mol. The van der Waals surface area contributed by atoms with Crippen LogP contribution in [0.25, 0.3) is 10.9 Å². The van der Waals surface area contributed by atoms with E-state index in [0.717, 1.165) is 42.5 Å². The summed E-state index contributed by atoms with van der Waals surface area (Å²) in [6.07, 6.45) is 4.89. The van der Waals surface area contributed by atoms with Crippen molar-refractivity contribution in [2.45, 2.75) is 12.8 Å². The summed E-state index contributed by atoms with van der Waals surface area (Å²) in [6, 6.07) is 5.78. The van der Waals surface area contributed by atoms with Gasteiger partial charge in [-0.2, -0.15) is 10.1 Å². The molecule has 8 heteroatoms. The smallest absolute Gasteiger partial charge is 0.229 e. The van der Waals surface area contributed by atoms with Crippen LogP contribution in [0.2, 0.25) is 0 Å². The molecule has 1 aromatic carbocycles. The van der Waals surface area contributed by atoms with E-state index in [0.29, 0.717) is 24.2 Å². The molecule has 4 N–H and O–H groups in total. The van der Waals surface area contributed by atoms with Gasteiger partial charge in [-0.1, -0.05) is 0 Å². The average Bonchev–Trinajstić information content (AvgIpc) is 3.11. The Bertz CT molecular complexity index is 870. The van der Waals surface area contributed by atoms with Gasteiger partial charge in [0.05, 0.1) is 17.9 Å². The molecular weight excluding hydrogens is 321 g/mol. The van der Waals surface area contributed by atoms with Gasteiger partial charge in [-0.3, -0.25) is 5.10 Å². The summed E-state index contributed by atoms with van der Waals surface area (Å²) in [5.41, 5.74) is 7.45. The highest BCUT2D eigenvalue weighted by atomic mass is 19.1. The molecule has 0 amide bonds. The number of benzene rings is 1. The number of nitrogens with one attached hydrogen (secondary N) is 2. The van der Waals surface area contributed by atoms with Crippen molar-refractivity contribution < 1.29 is 4.39 Å². The highest BCUT2D eigenvalue weighted by Gasteiger charge is 2.22. The fourth-order valence-electron chi connectivity index (χ4n) is 3.16. The molecule has 1 aliphatic heterocycles. The number of aromatic amines is 1. The van der Waals surface area contributed by atoms with Gasteiger partial charge >= 0.3 is 0 Å². The van der Waals surface area contributed by atoms with Crippen molar-refractivity contribution in [2.24, 2.45) is 11.7 Å². The molecule has 1 fully saturated rings. The van der Waals surface area contributed by atoms with Crippen LogP contribution in [-0.2, 0) is 0 Å². The molecule has 3 aromatic rings. The van der Waals surface area contributed by atoms with E-state index in [9.17, 15) is 4.39 Å². The predicted octanol–water partition coefficient (Wildman–Crippen LogP) is 2.41. The Hall–Kier alpha value is -2.74. The Morgan fingerprint density at radius 1 is 1.28 bits per heavy atom. The summed E-state index contributed by atoms with van der Waals surface area (Å²) in [4.78, 5) is 10.4. The Labute approximate surface area is 144 Å². The largest absolute Gasteiger partial charge is 0.354 e. The van der Waals surface area contributed by atoms with Crippen LogP contribution in [-0.4, -0.2) is 39.8 Å². The van der Waals surface area contributed by atoms with Crippen molar-refractivity contribution in [3.63, 3.8) is 0 Å². The van der Waals surface area contributed by atoms with Crippen LogP contribution in [0.3, 0.4) is 0 Å². The molecule has 1 saturated heterocycles. The van der Waals surface area contributed by atoms with Crippen molar-refractivity contribution in [3.05, 3.63) is 36.4 Å². The van der Waals surface area contributed by atoms with Gasteiger partial charge in [0.2, 0.25) is 5.95 Å². The first-order chi connectivity index (χ1) is 12.2. The van der Waals surface area contributed by atoms with Crippen molar-refractivity contribution in [1.82, 2.24) is 20.2 Å². The summed E-state index contributed by atoms with van der Waals surface area (Å²) in [7, 11) is 0. The molecule has 0 aliphatic carbocycles. The number of piperidine rings is 1. The van der Waals surface area contributed by atoms with Gasteiger partial charge in [0.1, 0.15) is 0 Å². The van der Waals surface area contributed by atoms with Gasteiger partial charge in [-0.05, 0) is 43.5 Å². The Morgan fingerprint density at radius 2 is 2.12 bits per heavy atom. The molecule has 1 aliphatic rings. The molecule has 0 unspecified atom stereocenters. The molecule has 0 spiro atoms. The number of nitrogens with two attached hydrogens (primary N) is 1. The third-order valence-corrected chi connectivity index (χ3v) is 4.67. The van der Waals surface area contributed by atoms with Crippen LogP contribution in [0.4, 0.5) is 21.8 Å². The van der Waals surface area contributed by atoms with Crippen LogP contribution in [0.5, 0.6) is 0 Å². The summed E-state index contributed by atoms with van der Waals surface area (Å²) >= 11 is 0. The standard InChI is InChI=1S/C17H20FN7/c18-14-10-20-17(22-13-2-1-12-9-21-24-15(12)7-13)23-16(14)25-5-3-11(8-19)4-6-25/h1-2,7,9-11H,3-6,8,19H2,(H,21,24)(H,20,22,23). The molecule has 0 atom stereocenters. The minimum Gasteiger partial charge on any atom is -0.354 e. The molecule has 0 bridgehead atoms. The van der Waals surface area contributed by atoms with Gasteiger partial charge in [0.15, 0.2) is 11.6 Å². The Kier molecular flexibility index (Phi) is 4.19. The SMILES string of the molecule is NCC1CCN(c2nc(Nc3ccc4cn[nH]c4c3)ncc2F)CC1. The maximum atomic E-state index is 14.2. The summed E-state index contributed by atoms with van der Waals surface area (Å²) in [5.74, 6) is 0.826. The molecule has 0 saturated carbocycles. The minimum absolute atomic E-state index is 0.343. The first-order valence-electron chi connectivity index (χ1n) is 8.40. The molecular formula is C17H20FN7. The van der Waals surface area contributed by atoms with E-state index in [4.69, 9.17) is 5.73 Å². The topological polar surface area (TPSA) is 95.7 Å². The number of fused-ring (bicyclic) bond motifs is 1. The molecule has 0 radical (unpaired) electrons. The monoisotopic (exact) mass is 341 g/mol. The van der Waals surface area contributed by atoms with E-state index < -0.39 is 5.82 Å². The average molecular weight is 341 g/mol. The van der Waals surface area contributed by atoms with E-state index in [-0.39, 0.29) is 0 Å². The number of rotatable bonds is 4. The number of aromatic nitrogens is 4. The van der Waals surface area contributed by atoms with Gasteiger partial charge < -0.3 is 16.0 Å². The van der Waals surface area contributed by atoms with Crippen LogP contribution < -0.4 is 16.0 Å². The molecule has 3 heterocycles. The summed E-state index contributed by atoms with van der Waals surface area (Å²) < 4.78 is 14.2. The normalized spacial score (nSPS) is 15.7. The van der Waals surface area contributed by atoms with Gasteiger partial charge in [0, 0.05) is 24.2 Å². The van der Waals surface area contributed by atoms with Gasteiger partial charge in [-0.25, -0.2) is 9.37 Å². The maximum Gasteiger partial charge on any atom is 0.229 e. The van der Waals surface area contributed by atoms with Crippen LogP contribution in [0.15, 0.2) is 30.6 Å². The maximum absolute atomic E-state index is 14.2. The minimum atomic E-state index is -0.402. The van der Waals surface area contributed by atoms with E-state index in [2.05, 4.69) is 25.5 Å². The van der Waals surface area contributed by atoms with Gasteiger partial charge in [0.25, 0.3) is 0 Å². The number of anilines is 3. The highest BCUT2D eigenvalue weighted by molar-refractivity contribution is 5.82. The second-order valence-electron chi connectivity index (χ2n) is 6.33. The second-order valence-corrected chi connectivity index (χ2v) is 6.33. The first kappa shape index (κ1) is 15.8. The number of H-pyrrole nitrogens is 1. The molecule has 4 rings (SSSR count). The highest BCUT2D eigenvalue weighted by Crippen LogP contribution is 2.25. The number of nitrogens with zero attached hydrogens (tertiary/aromatic N) is 4. The fraction of sp³-hybridized carbons (Fsp3) is 0.353. The zero-order valence-corrected chi connectivity index (χ0v) is 13.7. The Balaban J connectivity index is 1.54. The summed E-state index contributed by atoms with van der Waals surface area (Å²) in [5, 5.41) is 11.1. The number of hydrogen-bond donors (Lipinski definition) is 3. The van der Waals surface area contributed by atoms with E-state index in [1.807, 2.05) is 23.1 Å². The van der Waals surface area contributed by atoms with E-state index in [1.165, 1.54) is 6.20 Å². The fourth-order valence-corrected chi connectivity index (χ4v) is 3.16. The second kappa shape index (κ2) is 6.64. The van der Waals surface area contributed by atoms with Crippen LogP contribution in [0, 0.1) is 11.7 Å². The quantitative estimate of drug-likeness (QED) is 0.674. The van der Waals surface area contributed by atoms with Crippen molar-refractivity contribution in [3.8, 4) is 0 Å². The first-order valence-corrected chi connectivity index (χ1v) is 8.40. The van der Waals surface area contributed by atoms with E-state index >= 15 is 0 Å². The lowest BCUT2D eigenvalue weighted by molar-refractivity contribution is 0.409.